The van der Waals surface area contributed by atoms with Crippen LogP contribution in [0.3, 0.4) is 0 Å². The third kappa shape index (κ3) is 3.08. The van der Waals surface area contributed by atoms with Crippen LogP contribution in [0.15, 0.2) is 58.3 Å². The molecule has 0 radical (unpaired) electrons. The van der Waals surface area contributed by atoms with Crippen LogP contribution >= 0.6 is 11.8 Å². The quantitative estimate of drug-likeness (QED) is 0.887. The van der Waals surface area contributed by atoms with Crippen LogP contribution in [0.4, 0.5) is 4.39 Å². The van der Waals surface area contributed by atoms with Gasteiger partial charge in [-0.3, -0.25) is 0 Å². The maximum Gasteiger partial charge on any atom is 0.137 e. The molecule has 2 rings (SSSR count). The van der Waals surface area contributed by atoms with Crippen LogP contribution in [0.5, 0.6) is 0 Å². The Hall–Kier alpha value is -1.32. The van der Waals surface area contributed by atoms with E-state index in [1.165, 1.54) is 17.8 Å². The van der Waals surface area contributed by atoms with Gasteiger partial charge in [-0.25, -0.2) is 4.39 Å². The summed E-state index contributed by atoms with van der Waals surface area (Å²) >= 11 is 1.42. The molecule has 0 fully saturated rings. The van der Waals surface area contributed by atoms with Gasteiger partial charge in [-0.2, -0.15) is 0 Å². The first-order valence-corrected chi connectivity index (χ1v) is 6.26. The van der Waals surface area contributed by atoms with Crippen LogP contribution in [0, 0.1) is 5.82 Å². The summed E-state index contributed by atoms with van der Waals surface area (Å²) in [6.07, 6.45) is 0. The molecule has 0 aliphatic heterocycles. The highest BCUT2D eigenvalue weighted by Crippen LogP contribution is 2.30. The van der Waals surface area contributed by atoms with Gasteiger partial charge in [-0.1, -0.05) is 36.0 Å². The van der Waals surface area contributed by atoms with E-state index in [0.717, 1.165) is 10.5 Å². The van der Waals surface area contributed by atoms with Gasteiger partial charge in [0.2, 0.25) is 0 Å². The van der Waals surface area contributed by atoms with Crippen molar-refractivity contribution in [2.45, 2.75) is 22.8 Å². The Morgan fingerprint density at radius 3 is 2.41 bits per heavy atom. The molecule has 0 amide bonds. The Morgan fingerprint density at radius 2 is 1.82 bits per heavy atom. The van der Waals surface area contributed by atoms with Gasteiger partial charge in [-0.05, 0) is 36.8 Å². The maximum absolute atomic E-state index is 13.8. The fraction of sp³-hybridized carbons (Fsp3) is 0.143. The van der Waals surface area contributed by atoms with Crippen molar-refractivity contribution in [2.75, 3.05) is 0 Å². The minimum atomic E-state index is -0.214. The Kier molecular flexibility index (Phi) is 3.82. The third-order valence-corrected chi connectivity index (χ3v) is 3.51. The molecular formula is C14H14FNS. The first-order valence-electron chi connectivity index (χ1n) is 5.45. The zero-order valence-corrected chi connectivity index (χ0v) is 10.4. The number of hydrogen-bond donors (Lipinski definition) is 1. The lowest BCUT2D eigenvalue weighted by molar-refractivity contribution is 0.596. The zero-order valence-electron chi connectivity index (χ0n) is 9.56. The van der Waals surface area contributed by atoms with E-state index in [2.05, 4.69) is 0 Å². The molecule has 2 aromatic rings. The Bertz CT molecular complexity index is 497. The van der Waals surface area contributed by atoms with Gasteiger partial charge in [0.05, 0.1) is 0 Å². The zero-order chi connectivity index (χ0) is 12.3. The van der Waals surface area contributed by atoms with Crippen molar-refractivity contribution in [3.05, 3.63) is 59.9 Å². The van der Waals surface area contributed by atoms with Crippen LogP contribution < -0.4 is 5.73 Å². The lowest BCUT2D eigenvalue weighted by Crippen LogP contribution is -2.05. The molecule has 0 aromatic heterocycles. The van der Waals surface area contributed by atoms with E-state index in [0.29, 0.717) is 4.90 Å². The molecule has 0 unspecified atom stereocenters. The fourth-order valence-corrected chi connectivity index (χ4v) is 2.34. The minimum absolute atomic E-state index is 0.139. The van der Waals surface area contributed by atoms with Crippen molar-refractivity contribution in [1.82, 2.24) is 0 Å². The Labute approximate surface area is 105 Å². The molecule has 0 bridgehead atoms. The largest absolute Gasteiger partial charge is 0.324 e. The van der Waals surface area contributed by atoms with E-state index in [-0.39, 0.29) is 11.9 Å². The monoisotopic (exact) mass is 247 g/mol. The van der Waals surface area contributed by atoms with Crippen LogP contribution in [-0.2, 0) is 0 Å². The highest BCUT2D eigenvalue weighted by atomic mass is 32.2. The second kappa shape index (κ2) is 5.34. The van der Waals surface area contributed by atoms with Gasteiger partial charge in [0, 0.05) is 15.8 Å². The maximum atomic E-state index is 13.8. The second-order valence-corrected chi connectivity index (χ2v) is 5.01. The van der Waals surface area contributed by atoms with E-state index in [4.69, 9.17) is 5.73 Å². The van der Waals surface area contributed by atoms with Gasteiger partial charge in [0.15, 0.2) is 0 Å². The predicted molar refractivity (Wildman–Crippen MR) is 69.6 cm³/mol. The second-order valence-electron chi connectivity index (χ2n) is 3.89. The highest BCUT2D eigenvalue weighted by molar-refractivity contribution is 7.99. The van der Waals surface area contributed by atoms with Crippen molar-refractivity contribution in [1.29, 1.82) is 0 Å². The van der Waals surface area contributed by atoms with Crippen LogP contribution in [-0.4, -0.2) is 0 Å². The SMILES string of the molecule is C[C@H](N)c1ccc(Sc2ccccc2)c(F)c1. The lowest BCUT2D eigenvalue weighted by Gasteiger charge is -2.08. The van der Waals surface area contributed by atoms with Gasteiger partial charge >= 0.3 is 0 Å². The number of halogens is 1. The topological polar surface area (TPSA) is 26.0 Å². The standard InChI is InChI=1S/C14H14FNS/c1-10(16)11-7-8-14(13(15)9-11)17-12-5-3-2-4-6-12/h2-10H,16H2,1H3/t10-/m0/s1. The average Bonchev–Trinajstić information content (AvgIpc) is 2.33. The lowest BCUT2D eigenvalue weighted by atomic mass is 10.1. The number of hydrogen-bond acceptors (Lipinski definition) is 2. The smallest absolute Gasteiger partial charge is 0.137 e. The van der Waals surface area contributed by atoms with Crippen LogP contribution in [0.2, 0.25) is 0 Å². The molecule has 0 aliphatic rings. The normalized spacial score (nSPS) is 12.4. The summed E-state index contributed by atoms with van der Waals surface area (Å²) in [4.78, 5) is 1.65. The molecule has 3 heteroatoms. The minimum Gasteiger partial charge on any atom is -0.324 e. The molecule has 2 N–H and O–H groups in total. The summed E-state index contributed by atoms with van der Waals surface area (Å²) < 4.78 is 13.8. The van der Waals surface area contributed by atoms with Crippen molar-refractivity contribution in [3.63, 3.8) is 0 Å². The third-order valence-electron chi connectivity index (χ3n) is 2.45. The number of rotatable bonds is 3. The first-order chi connectivity index (χ1) is 8.16. The molecule has 2 aromatic carbocycles. The Balaban J connectivity index is 2.23. The molecule has 0 heterocycles. The molecule has 1 nitrogen and oxygen atoms in total. The molecule has 0 aliphatic carbocycles. The van der Waals surface area contributed by atoms with Crippen molar-refractivity contribution in [3.8, 4) is 0 Å². The van der Waals surface area contributed by atoms with E-state index in [1.807, 2.05) is 43.3 Å². The number of nitrogens with two attached hydrogens (primary N) is 1. The fourth-order valence-electron chi connectivity index (χ4n) is 1.50. The van der Waals surface area contributed by atoms with Crippen molar-refractivity contribution < 1.29 is 4.39 Å². The van der Waals surface area contributed by atoms with Crippen molar-refractivity contribution in [2.24, 2.45) is 5.73 Å². The summed E-state index contributed by atoms with van der Waals surface area (Å²) in [5.74, 6) is -0.214. The van der Waals surface area contributed by atoms with Gasteiger partial charge < -0.3 is 5.73 Å². The first kappa shape index (κ1) is 12.1. The van der Waals surface area contributed by atoms with Gasteiger partial charge in [0.1, 0.15) is 5.82 Å². The summed E-state index contributed by atoms with van der Waals surface area (Å²) in [6, 6.07) is 14.8. The van der Waals surface area contributed by atoms with Crippen molar-refractivity contribution >= 4 is 11.8 Å². The summed E-state index contributed by atoms with van der Waals surface area (Å²) in [7, 11) is 0. The average molecular weight is 247 g/mol. The molecule has 0 spiro atoms. The predicted octanol–water partition coefficient (Wildman–Crippen LogP) is 4.00. The van der Waals surface area contributed by atoms with E-state index in [9.17, 15) is 4.39 Å². The van der Waals surface area contributed by atoms with E-state index < -0.39 is 0 Å². The summed E-state index contributed by atoms with van der Waals surface area (Å²) in [5.41, 5.74) is 6.53. The number of benzene rings is 2. The summed E-state index contributed by atoms with van der Waals surface area (Å²) in [6.45, 7) is 1.85. The molecule has 0 saturated carbocycles. The van der Waals surface area contributed by atoms with Gasteiger partial charge in [0.25, 0.3) is 0 Å². The van der Waals surface area contributed by atoms with Gasteiger partial charge in [-0.15, -0.1) is 0 Å². The van der Waals surface area contributed by atoms with Crippen LogP contribution in [0.25, 0.3) is 0 Å². The van der Waals surface area contributed by atoms with E-state index in [1.54, 1.807) is 6.07 Å². The molecule has 0 saturated heterocycles. The Morgan fingerprint density at radius 1 is 1.12 bits per heavy atom. The molecule has 88 valence electrons. The van der Waals surface area contributed by atoms with Crippen LogP contribution in [0.1, 0.15) is 18.5 Å². The molecule has 1 atom stereocenters. The molecule has 17 heavy (non-hydrogen) atoms. The molecular weight excluding hydrogens is 233 g/mol. The summed E-state index contributed by atoms with van der Waals surface area (Å²) in [5, 5.41) is 0. The van der Waals surface area contributed by atoms with E-state index >= 15 is 0 Å². The highest BCUT2D eigenvalue weighted by Gasteiger charge is 2.07.